The number of hydrogen-bond donors (Lipinski definition) is 1. The third kappa shape index (κ3) is 4.62. The molecule has 0 saturated carbocycles. The molecule has 2 aliphatic rings. The number of nitrogens with zero attached hydrogens (tertiary/aromatic N) is 4. The van der Waals surface area contributed by atoms with Crippen LogP contribution < -0.4 is 5.32 Å². The maximum Gasteiger partial charge on any atom is 0.193 e. The summed E-state index contributed by atoms with van der Waals surface area (Å²) in [6, 6.07) is 5.95. The fraction of sp³-hybridized carbons (Fsp3) is 0.550. The summed E-state index contributed by atoms with van der Waals surface area (Å²) in [6.07, 6.45) is 5.66. The summed E-state index contributed by atoms with van der Waals surface area (Å²) < 4.78 is 13.9. The van der Waals surface area contributed by atoms with Gasteiger partial charge in [0.1, 0.15) is 5.82 Å². The highest BCUT2D eigenvalue weighted by Gasteiger charge is 2.29. The summed E-state index contributed by atoms with van der Waals surface area (Å²) in [5.74, 6) is 0.784. The standard InChI is InChI=1S/C20H30FN5/c1-22-20(26-11-8-18(15-26)25-9-4-5-10-25)23-13-16-6-7-19(21)17(12-16)14-24(2)3/h4-7,12,18H,8-11,13-15H2,1-3H3,(H,22,23). The highest BCUT2D eigenvalue weighted by Crippen LogP contribution is 2.18. The largest absolute Gasteiger partial charge is 0.352 e. The Morgan fingerprint density at radius 3 is 2.77 bits per heavy atom. The van der Waals surface area contributed by atoms with Gasteiger partial charge in [0.2, 0.25) is 0 Å². The SMILES string of the molecule is CN=C(NCc1ccc(F)c(CN(C)C)c1)N1CCC(N2CC=CC2)C1. The van der Waals surface area contributed by atoms with E-state index in [4.69, 9.17) is 0 Å². The molecule has 26 heavy (non-hydrogen) atoms. The van der Waals surface area contributed by atoms with Crippen LogP contribution in [-0.2, 0) is 13.1 Å². The average Bonchev–Trinajstić information content (AvgIpc) is 3.29. The molecule has 0 amide bonds. The molecule has 1 fully saturated rings. The van der Waals surface area contributed by atoms with Crippen LogP contribution in [0, 0.1) is 5.82 Å². The molecule has 2 aliphatic heterocycles. The van der Waals surface area contributed by atoms with Crippen molar-refractivity contribution in [1.82, 2.24) is 20.0 Å². The molecular weight excluding hydrogens is 329 g/mol. The monoisotopic (exact) mass is 359 g/mol. The Balaban J connectivity index is 1.56. The van der Waals surface area contributed by atoms with E-state index in [0.29, 0.717) is 19.1 Å². The molecule has 1 aromatic carbocycles. The molecular formula is C20H30FN5. The average molecular weight is 359 g/mol. The van der Waals surface area contributed by atoms with Crippen LogP contribution in [0.5, 0.6) is 0 Å². The molecule has 0 aromatic heterocycles. The number of halogens is 1. The molecule has 1 N–H and O–H groups in total. The van der Waals surface area contributed by atoms with E-state index >= 15 is 0 Å². The predicted molar refractivity (Wildman–Crippen MR) is 105 cm³/mol. The van der Waals surface area contributed by atoms with Gasteiger partial charge in [-0.05, 0) is 38.2 Å². The summed E-state index contributed by atoms with van der Waals surface area (Å²) in [5.41, 5.74) is 1.80. The van der Waals surface area contributed by atoms with Crippen LogP contribution in [0.3, 0.4) is 0 Å². The summed E-state index contributed by atoms with van der Waals surface area (Å²) in [7, 11) is 5.73. The van der Waals surface area contributed by atoms with Crippen molar-refractivity contribution in [1.29, 1.82) is 0 Å². The number of guanidine groups is 1. The Labute approximate surface area is 156 Å². The van der Waals surface area contributed by atoms with Crippen molar-refractivity contribution in [2.75, 3.05) is 47.3 Å². The highest BCUT2D eigenvalue weighted by molar-refractivity contribution is 5.80. The molecule has 0 spiro atoms. The Hall–Kier alpha value is -1.92. The van der Waals surface area contributed by atoms with Gasteiger partial charge in [0.15, 0.2) is 5.96 Å². The van der Waals surface area contributed by atoms with Gasteiger partial charge in [-0.2, -0.15) is 0 Å². The van der Waals surface area contributed by atoms with Crippen molar-refractivity contribution in [3.05, 3.63) is 47.3 Å². The van der Waals surface area contributed by atoms with Gasteiger partial charge in [-0.25, -0.2) is 4.39 Å². The third-order valence-electron chi connectivity index (χ3n) is 5.08. The van der Waals surface area contributed by atoms with Crippen molar-refractivity contribution < 1.29 is 4.39 Å². The van der Waals surface area contributed by atoms with Gasteiger partial charge in [-0.15, -0.1) is 0 Å². The molecule has 6 heteroatoms. The number of hydrogen-bond acceptors (Lipinski definition) is 3. The second kappa shape index (κ2) is 8.64. The minimum atomic E-state index is -0.145. The van der Waals surface area contributed by atoms with Gasteiger partial charge in [0, 0.05) is 57.9 Å². The molecule has 0 bridgehead atoms. The zero-order chi connectivity index (χ0) is 18.5. The lowest BCUT2D eigenvalue weighted by atomic mass is 10.1. The van der Waals surface area contributed by atoms with Crippen LogP contribution in [-0.4, -0.2) is 74.0 Å². The molecule has 2 heterocycles. The normalized spacial score (nSPS) is 21.2. The highest BCUT2D eigenvalue weighted by atomic mass is 19.1. The number of likely N-dealkylation sites (tertiary alicyclic amines) is 1. The van der Waals surface area contributed by atoms with E-state index in [1.807, 2.05) is 38.2 Å². The van der Waals surface area contributed by atoms with Gasteiger partial charge in [-0.1, -0.05) is 18.2 Å². The molecule has 142 valence electrons. The summed E-state index contributed by atoms with van der Waals surface area (Å²) >= 11 is 0. The first-order chi connectivity index (χ1) is 12.6. The second-order valence-corrected chi connectivity index (χ2v) is 7.38. The Bertz CT molecular complexity index is 662. The maximum atomic E-state index is 13.9. The van der Waals surface area contributed by atoms with Crippen molar-refractivity contribution in [2.24, 2.45) is 4.99 Å². The zero-order valence-electron chi connectivity index (χ0n) is 16.1. The zero-order valence-corrected chi connectivity index (χ0v) is 16.1. The van der Waals surface area contributed by atoms with E-state index in [9.17, 15) is 4.39 Å². The summed E-state index contributed by atoms with van der Waals surface area (Å²) in [5, 5.41) is 3.44. The van der Waals surface area contributed by atoms with Crippen LogP contribution >= 0.6 is 0 Å². The summed E-state index contributed by atoms with van der Waals surface area (Å²) in [4.78, 5) is 11.3. The van der Waals surface area contributed by atoms with Crippen molar-refractivity contribution in [3.8, 4) is 0 Å². The fourth-order valence-corrected chi connectivity index (χ4v) is 3.74. The Kier molecular flexibility index (Phi) is 6.27. The topological polar surface area (TPSA) is 34.1 Å². The smallest absolute Gasteiger partial charge is 0.193 e. The first-order valence-corrected chi connectivity index (χ1v) is 9.33. The minimum absolute atomic E-state index is 0.145. The lowest BCUT2D eigenvalue weighted by Gasteiger charge is -2.25. The third-order valence-corrected chi connectivity index (χ3v) is 5.08. The molecule has 1 unspecified atom stereocenters. The molecule has 0 radical (unpaired) electrons. The Morgan fingerprint density at radius 1 is 1.31 bits per heavy atom. The number of benzene rings is 1. The van der Waals surface area contributed by atoms with Crippen LogP contribution in [0.15, 0.2) is 35.3 Å². The second-order valence-electron chi connectivity index (χ2n) is 7.38. The molecule has 1 atom stereocenters. The van der Waals surface area contributed by atoms with E-state index in [1.54, 1.807) is 6.07 Å². The predicted octanol–water partition coefficient (Wildman–Crippen LogP) is 1.91. The molecule has 1 aromatic rings. The first-order valence-electron chi connectivity index (χ1n) is 9.33. The van der Waals surface area contributed by atoms with Crippen molar-refractivity contribution in [3.63, 3.8) is 0 Å². The quantitative estimate of drug-likeness (QED) is 0.495. The lowest BCUT2D eigenvalue weighted by molar-refractivity contribution is 0.259. The summed E-state index contributed by atoms with van der Waals surface area (Å²) in [6.45, 7) is 5.42. The molecule has 5 nitrogen and oxygen atoms in total. The first kappa shape index (κ1) is 18.9. The molecule has 0 aliphatic carbocycles. The molecule has 3 rings (SSSR count). The van der Waals surface area contributed by atoms with Gasteiger partial charge in [0.25, 0.3) is 0 Å². The van der Waals surface area contributed by atoms with Crippen LogP contribution in [0.4, 0.5) is 4.39 Å². The number of aliphatic imine (C=N–C) groups is 1. The van der Waals surface area contributed by atoms with E-state index in [-0.39, 0.29) is 5.82 Å². The van der Waals surface area contributed by atoms with Gasteiger partial charge in [0.05, 0.1) is 0 Å². The maximum absolute atomic E-state index is 13.9. The lowest BCUT2D eigenvalue weighted by Crippen LogP contribution is -2.42. The van der Waals surface area contributed by atoms with E-state index in [0.717, 1.165) is 43.3 Å². The fourth-order valence-electron chi connectivity index (χ4n) is 3.74. The molecule has 1 saturated heterocycles. The number of nitrogens with one attached hydrogen (secondary N) is 1. The van der Waals surface area contributed by atoms with Crippen LogP contribution in [0.25, 0.3) is 0 Å². The van der Waals surface area contributed by atoms with Gasteiger partial charge in [-0.3, -0.25) is 9.89 Å². The van der Waals surface area contributed by atoms with Gasteiger partial charge >= 0.3 is 0 Å². The van der Waals surface area contributed by atoms with Crippen molar-refractivity contribution >= 4 is 5.96 Å². The Morgan fingerprint density at radius 2 is 2.08 bits per heavy atom. The van der Waals surface area contributed by atoms with Crippen LogP contribution in [0.2, 0.25) is 0 Å². The van der Waals surface area contributed by atoms with E-state index in [1.165, 1.54) is 6.42 Å². The van der Waals surface area contributed by atoms with Gasteiger partial charge < -0.3 is 15.1 Å². The van der Waals surface area contributed by atoms with E-state index in [2.05, 4.69) is 32.3 Å². The minimum Gasteiger partial charge on any atom is -0.352 e. The van der Waals surface area contributed by atoms with Crippen LogP contribution in [0.1, 0.15) is 17.5 Å². The number of rotatable bonds is 5. The van der Waals surface area contributed by atoms with E-state index < -0.39 is 0 Å². The van der Waals surface area contributed by atoms with Crippen molar-refractivity contribution in [2.45, 2.75) is 25.6 Å².